The summed E-state index contributed by atoms with van der Waals surface area (Å²) in [5.41, 5.74) is 2.28. The van der Waals surface area contributed by atoms with Gasteiger partial charge in [-0.1, -0.05) is 57.9 Å². The molecule has 0 bridgehead atoms. The average molecular weight is 529 g/mol. The van der Waals surface area contributed by atoms with Gasteiger partial charge in [-0.15, -0.1) is 0 Å². The molecule has 0 aromatic heterocycles. The SMILES string of the molecule is O=C(C[C@H]1C(=O)N(c2ccc(Cl)cc2)C(=S)N1Cc1ccccc1)Nc1ccc(Br)cc1. The van der Waals surface area contributed by atoms with E-state index in [9.17, 15) is 9.59 Å². The van der Waals surface area contributed by atoms with Crippen LogP contribution < -0.4 is 10.2 Å². The summed E-state index contributed by atoms with van der Waals surface area (Å²) >= 11 is 15.1. The molecule has 1 aliphatic heterocycles. The topological polar surface area (TPSA) is 52.7 Å². The molecule has 8 heteroatoms. The largest absolute Gasteiger partial charge is 0.332 e. The third-order valence-corrected chi connectivity index (χ3v) is 6.30. The number of nitrogens with zero attached hydrogens (tertiary/aromatic N) is 2. The van der Waals surface area contributed by atoms with E-state index in [0.29, 0.717) is 28.1 Å². The lowest BCUT2D eigenvalue weighted by atomic mass is 10.1. The van der Waals surface area contributed by atoms with E-state index < -0.39 is 6.04 Å². The predicted octanol–water partition coefficient (Wildman–Crippen LogP) is 5.63. The molecule has 3 aromatic rings. The zero-order chi connectivity index (χ0) is 22.7. The molecule has 0 spiro atoms. The van der Waals surface area contributed by atoms with Crippen LogP contribution in [0.1, 0.15) is 12.0 Å². The fourth-order valence-corrected chi connectivity index (χ4v) is 4.32. The predicted molar refractivity (Wildman–Crippen MR) is 135 cm³/mol. The van der Waals surface area contributed by atoms with Crippen molar-refractivity contribution < 1.29 is 9.59 Å². The number of rotatable bonds is 6. The molecule has 0 unspecified atom stereocenters. The summed E-state index contributed by atoms with van der Waals surface area (Å²) < 4.78 is 0.916. The molecule has 32 heavy (non-hydrogen) atoms. The van der Waals surface area contributed by atoms with E-state index in [0.717, 1.165) is 10.0 Å². The number of carbonyl (C=O) groups is 2. The molecular formula is C24H19BrClN3O2S. The van der Waals surface area contributed by atoms with E-state index in [4.69, 9.17) is 23.8 Å². The number of benzene rings is 3. The van der Waals surface area contributed by atoms with Crippen molar-refractivity contribution >= 4 is 68.1 Å². The highest BCUT2D eigenvalue weighted by Crippen LogP contribution is 2.29. The Morgan fingerprint density at radius 2 is 1.66 bits per heavy atom. The average Bonchev–Trinajstić information content (AvgIpc) is 3.01. The van der Waals surface area contributed by atoms with Gasteiger partial charge in [0.25, 0.3) is 5.91 Å². The Hall–Kier alpha value is -2.74. The smallest absolute Gasteiger partial charge is 0.256 e. The Morgan fingerprint density at radius 1 is 1.00 bits per heavy atom. The van der Waals surface area contributed by atoms with E-state index >= 15 is 0 Å². The second-order valence-electron chi connectivity index (χ2n) is 7.32. The Morgan fingerprint density at radius 3 is 2.31 bits per heavy atom. The zero-order valence-electron chi connectivity index (χ0n) is 16.9. The molecule has 3 aromatic carbocycles. The molecule has 162 valence electrons. The van der Waals surface area contributed by atoms with Crippen LogP contribution in [0.25, 0.3) is 0 Å². The highest BCUT2D eigenvalue weighted by atomic mass is 79.9. The van der Waals surface area contributed by atoms with Crippen LogP contribution in [0.15, 0.2) is 83.3 Å². The molecule has 0 saturated carbocycles. The lowest BCUT2D eigenvalue weighted by molar-refractivity contribution is -0.124. The highest BCUT2D eigenvalue weighted by Gasteiger charge is 2.44. The Labute approximate surface area is 205 Å². The standard InChI is InChI=1S/C24H19BrClN3O2S/c25-17-6-10-19(11-7-17)27-22(30)14-21-23(31)29(20-12-8-18(26)9-13-20)24(32)28(21)15-16-4-2-1-3-5-16/h1-13,21H,14-15H2,(H,27,30)/t21-/m0/s1. The first-order valence-electron chi connectivity index (χ1n) is 9.92. The fourth-order valence-electron chi connectivity index (χ4n) is 3.54. The van der Waals surface area contributed by atoms with Gasteiger partial charge in [0, 0.05) is 21.7 Å². The summed E-state index contributed by atoms with van der Waals surface area (Å²) in [5, 5.41) is 3.79. The van der Waals surface area contributed by atoms with Gasteiger partial charge < -0.3 is 10.2 Å². The van der Waals surface area contributed by atoms with Crippen LogP contribution >= 0.6 is 39.7 Å². The maximum absolute atomic E-state index is 13.4. The number of thiocarbonyl (C=S) groups is 1. The zero-order valence-corrected chi connectivity index (χ0v) is 20.0. The Balaban J connectivity index is 1.59. The molecule has 1 atom stereocenters. The van der Waals surface area contributed by atoms with Gasteiger partial charge in [0.1, 0.15) is 6.04 Å². The molecular weight excluding hydrogens is 510 g/mol. The molecule has 1 saturated heterocycles. The fraction of sp³-hybridized carbons (Fsp3) is 0.125. The first-order chi connectivity index (χ1) is 15.4. The van der Waals surface area contributed by atoms with Gasteiger partial charge in [0.15, 0.2) is 5.11 Å². The molecule has 4 rings (SSSR count). The molecule has 1 N–H and O–H groups in total. The van der Waals surface area contributed by atoms with Gasteiger partial charge >= 0.3 is 0 Å². The molecule has 1 fully saturated rings. The van der Waals surface area contributed by atoms with E-state index in [2.05, 4.69) is 21.2 Å². The van der Waals surface area contributed by atoms with Crippen LogP contribution in [-0.2, 0) is 16.1 Å². The van der Waals surface area contributed by atoms with Crippen LogP contribution in [0, 0.1) is 0 Å². The number of halogens is 2. The van der Waals surface area contributed by atoms with Gasteiger partial charge in [-0.25, -0.2) is 0 Å². The third kappa shape index (κ3) is 5.01. The van der Waals surface area contributed by atoms with Crippen molar-refractivity contribution in [2.24, 2.45) is 0 Å². The van der Waals surface area contributed by atoms with Crippen LogP contribution in [0.3, 0.4) is 0 Å². The minimum Gasteiger partial charge on any atom is -0.332 e. The van der Waals surface area contributed by atoms with E-state index in [1.165, 1.54) is 4.90 Å². The minimum absolute atomic E-state index is 0.0219. The van der Waals surface area contributed by atoms with Gasteiger partial charge in [0.2, 0.25) is 5.91 Å². The van der Waals surface area contributed by atoms with Crippen molar-refractivity contribution in [3.8, 4) is 0 Å². The molecule has 2 amide bonds. The van der Waals surface area contributed by atoms with Crippen LogP contribution in [0.4, 0.5) is 11.4 Å². The second kappa shape index (κ2) is 9.81. The number of hydrogen-bond donors (Lipinski definition) is 1. The van der Waals surface area contributed by atoms with E-state index in [1.807, 2.05) is 47.4 Å². The molecule has 1 heterocycles. The Bertz CT molecular complexity index is 1140. The maximum atomic E-state index is 13.4. The maximum Gasteiger partial charge on any atom is 0.256 e. The van der Waals surface area contributed by atoms with Gasteiger partial charge in [-0.05, 0) is 66.3 Å². The summed E-state index contributed by atoms with van der Waals surface area (Å²) in [7, 11) is 0. The van der Waals surface area contributed by atoms with Crippen LogP contribution in [0.5, 0.6) is 0 Å². The Kier molecular flexibility index (Phi) is 6.89. The minimum atomic E-state index is -0.714. The van der Waals surface area contributed by atoms with Crippen molar-refractivity contribution in [2.75, 3.05) is 10.2 Å². The first-order valence-corrected chi connectivity index (χ1v) is 11.5. The van der Waals surface area contributed by atoms with Crippen LogP contribution in [-0.4, -0.2) is 27.9 Å². The third-order valence-electron chi connectivity index (χ3n) is 5.11. The summed E-state index contributed by atoms with van der Waals surface area (Å²) in [4.78, 5) is 29.5. The van der Waals surface area contributed by atoms with Crippen molar-refractivity contribution in [1.82, 2.24) is 4.90 Å². The monoisotopic (exact) mass is 527 g/mol. The number of anilines is 2. The summed E-state index contributed by atoms with van der Waals surface area (Å²) in [6.07, 6.45) is -0.0219. The van der Waals surface area contributed by atoms with Gasteiger partial charge in [-0.2, -0.15) is 0 Å². The normalized spacial score (nSPS) is 15.9. The molecule has 0 aliphatic carbocycles. The van der Waals surface area contributed by atoms with E-state index in [-0.39, 0.29) is 18.2 Å². The van der Waals surface area contributed by atoms with E-state index in [1.54, 1.807) is 36.4 Å². The molecule has 5 nitrogen and oxygen atoms in total. The molecule has 0 radical (unpaired) electrons. The summed E-state index contributed by atoms with van der Waals surface area (Å²) in [5.74, 6) is -0.497. The van der Waals surface area contributed by atoms with Gasteiger partial charge in [-0.3, -0.25) is 14.5 Å². The van der Waals surface area contributed by atoms with Crippen molar-refractivity contribution in [2.45, 2.75) is 19.0 Å². The number of amides is 2. The lowest BCUT2D eigenvalue weighted by Gasteiger charge is -2.24. The molecule has 1 aliphatic rings. The number of carbonyl (C=O) groups excluding carboxylic acids is 2. The number of hydrogen-bond acceptors (Lipinski definition) is 3. The van der Waals surface area contributed by atoms with Crippen molar-refractivity contribution in [3.05, 3.63) is 93.9 Å². The summed E-state index contributed by atoms with van der Waals surface area (Å²) in [6.45, 7) is 0.422. The second-order valence-corrected chi connectivity index (χ2v) is 9.04. The van der Waals surface area contributed by atoms with Crippen molar-refractivity contribution in [3.63, 3.8) is 0 Å². The lowest BCUT2D eigenvalue weighted by Crippen LogP contribution is -2.37. The van der Waals surface area contributed by atoms with Crippen molar-refractivity contribution in [1.29, 1.82) is 0 Å². The first kappa shape index (κ1) is 22.5. The van der Waals surface area contributed by atoms with Gasteiger partial charge in [0.05, 0.1) is 12.1 Å². The quantitative estimate of drug-likeness (QED) is 0.421. The number of nitrogens with one attached hydrogen (secondary N) is 1. The van der Waals surface area contributed by atoms with Crippen LogP contribution in [0.2, 0.25) is 5.02 Å². The highest BCUT2D eigenvalue weighted by molar-refractivity contribution is 9.10. The summed E-state index contributed by atoms with van der Waals surface area (Å²) in [6, 6.07) is 23.2.